The number of nitrogens with zero attached hydrogens (tertiary/aromatic N) is 1. The number of benzene rings is 2. The van der Waals surface area contributed by atoms with E-state index in [2.05, 4.69) is 41.3 Å². The average molecular weight is 321 g/mol. The van der Waals surface area contributed by atoms with Crippen molar-refractivity contribution in [3.05, 3.63) is 65.2 Å². The standard InChI is InChI=1S/C22H27NO/c24-21-10-4-9-20-19(21)8-5-12-22(20)13-16-23(17-14-22)15-11-18-6-2-1-3-7-18/h1-4,6-7,9-10,24H,5,8,11-17H2. The summed E-state index contributed by atoms with van der Waals surface area (Å²) in [6.45, 7) is 3.52. The van der Waals surface area contributed by atoms with Crippen molar-refractivity contribution < 1.29 is 5.11 Å². The van der Waals surface area contributed by atoms with Gasteiger partial charge in [0.25, 0.3) is 0 Å². The zero-order valence-corrected chi connectivity index (χ0v) is 14.4. The van der Waals surface area contributed by atoms with Crippen LogP contribution in [0.15, 0.2) is 48.5 Å². The Hall–Kier alpha value is -1.80. The van der Waals surface area contributed by atoms with Gasteiger partial charge in [0.05, 0.1) is 0 Å². The van der Waals surface area contributed by atoms with Crippen molar-refractivity contribution in [3.63, 3.8) is 0 Å². The van der Waals surface area contributed by atoms with Crippen LogP contribution in [0.4, 0.5) is 0 Å². The lowest BCUT2D eigenvalue weighted by Crippen LogP contribution is -2.44. The molecule has 24 heavy (non-hydrogen) atoms. The van der Waals surface area contributed by atoms with Crippen LogP contribution in [0, 0.1) is 0 Å². The van der Waals surface area contributed by atoms with Crippen LogP contribution < -0.4 is 0 Å². The topological polar surface area (TPSA) is 23.5 Å². The van der Waals surface area contributed by atoms with Crippen molar-refractivity contribution >= 4 is 0 Å². The van der Waals surface area contributed by atoms with Gasteiger partial charge in [-0.15, -0.1) is 0 Å². The Morgan fingerprint density at radius 2 is 1.71 bits per heavy atom. The number of aromatic hydroxyl groups is 1. The first kappa shape index (κ1) is 15.7. The molecule has 2 aromatic rings. The van der Waals surface area contributed by atoms with E-state index in [-0.39, 0.29) is 0 Å². The zero-order valence-electron chi connectivity index (χ0n) is 14.4. The molecule has 2 nitrogen and oxygen atoms in total. The molecule has 0 bridgehead atoms. The zero-order chi connectivity index (χ0) is 16.4. The lowest BCUT2D eigenvalue weighted by Gasteiger charge is -2.45. The number of rotatable bonds is 3. The van der Waals surface area contributed by atoms with E-state index >= 15 is 0 Å². The Morgan fingerprint density at radius 1 is 0.917 bits per heavy atom. The third-order valence-corrected chi connectivity index (χ3v) is 6.18. The predicted octanol–water partition coefficient (Wildman–Crippen LogP) is 4.30. The highest BCUT2D eigenvalue weighted by atomic mass is 16.3. The first-order valence-corrected chi connectivity index (χ1v) is 9.34. The Morgan fingerprint density at radius 3 is 2.50 bits per heavy atom. The molecule has 1 heterocycles. The summed E-state index contributed by atoms with van der Waals surface area (Å²) in [5.74, 6) is 0.512. The van der Waals surface area contributed by atoms with E-state index in [1.54, 1.807) is 0 Å². The van der Waals surface area contributed by atoms with Crippen molar-refractivity contribution in [1.29, 1.82) is 0 Å². The van der Waals surface area contributed by atoms with Gasteiger partial charge in [0, 0.05) is 6.54 Å². The number of hydrogen-bond acceptors (Lipinski definition) is 2. The van der Waals surface area contributed by atoms with Crippen LogP contribution in [0.3, 0.4) is 0 Å². The highest BCUT2D eigenvalue weighted by molar-refractivity contribution is 5.45. The van der Waals surface area contributed by atoms with Crippen molar-refractivity contribution in [2.45, 2.75) is 43.9 Å². The molecule has 1 spiro atoms. The molecular formula is C22H27NO. The SMILES string of the molecule is Oc1cccc2c1CCCC21CCN(CCc2ccccc2)CC1. The molecule has 0 atom stereocenters. The molecular weight excluding hydrogens is 294 g/mol. The fourth-order valence-electron chi connectivity index (χ4n) is 4.73. The normalized spacial score (nSPS) is 20.0. The van der Waals surface area contributed by atoms with Gasteiger partial charge in [-0.3, -0.25) is 0 Å². The molecule has 2 aliphatic rings. The predicted molar refractivity (Wildman–Crippen MR) is 98.5 cm³/mol. The Kier molecular flexibility index (Phi) is 4.32. The second-order valence-electron chi connectivity index (χ2n) is 7.51. The van der Waals surface area contributed by atoms with Crippen LogP contribution in [0.25, 0.3) is 0 Å². The van der Waals surface area contributed by atoms with E-state index in [1.165, 1.54) is 55.5 Å². The highest BCUT2D eigenvalue weighted by Crippen LogP contribution is 2.46. The van der Waals surface area contributed by atoms with E-state index in [0.717, 1.165) is 19.4 Å². The maximum Gasteiger partial charge on any atom is 0.119 e. The lowest BCUT2D eigenvalue weighted by molar-refractivity contribution is 0.146. The number of phenolic OH excluding ortho intramolecular Hbond substituents is 1. The molecule has 0 amide bonds. The molecule has 2 heteroatoms. The Balaban J connectivity index is 1.42. The monoisotopic (exact) mass is 321 g/mol. The second-order valence-corrected chi connectivity index (χ2v) is 7.51. The first-order valence-electron chi connectivity index (χ1n) is 9.34. The van der Waals surface area contributed by atoms with Crippen molar-refractivity contribution in [3.8, 4) is 5.75 Å². The molecule has 1 N–H and O–H groups in total. The van der Waals surface area contributed by atoms with Crippen LogP contribution in [0.5, 0.6) is 5.75 Å². The summed E-state index contributed by atoms with van der Waals surface area (Å²) >= 11 is 0. The molecule has 126 valence electrons. The fourth-order valence-corrected chi connectivity index (χ4v) is 4.73. The number of fused-ring (bicyclic) bond motifs is 2. The van der Waals surface area contributed by atoms with Crippen LogP contribution in [0.2, 0.25) is 0 Å². The van der Waals surface area contributed by atoms with E-state index in [9.17, 15) is 5.11 Å². The molecule has 1 aliphatic heterocycles. The van der Waals surface area contributed by atoms with Gasteiger partial charge in [-0.2, -0.15) is 0 Å². The van der Waals surface area contributed by atoms with E-state index < -0.39 is 0 Å². The Labute approximate surface area is 145 Å². The quantitative estimate of drug-likeness (QED) is 0.911. The van der Waals surface area contributed by atoms with Crippen LogP contribution in [-0.2, 0) is 18.3 Å². The number of phenols is 1. The molecule has 1 aliphatic carbocycles. The summed E-state index contributed by atoms with van der Waals surface area (Å²) in [6.07, 6.45) is 7.16. The molecule has 4 rings (SSSR count). The van der Waals surface area contributed by atoms with Crippen LogP contribution >= 0.6 is 0 Å². The summed E-state index contributed by atoms with van der Waals surface area (Å²) in [5, 5.41) is 10.2. The minimum atomic E-state index is 0.315. The van der Waals surface area contributed by atoms with E-state index in [0.29, 0.717) is 11.2 Å². The largest absolute Gasteiger partial charge is 0.508 e. The lowest BCUT2D eigenvalue weighted by atomic mass is 9.64. The van der Waals surface area contributed by atoms with Gasteiger partial charge >= 0.3 is 0 Å². The van der Waals surface area contributed by atoms with Gasteiger partial charge in [-0.1, -0.05) is 42.5 Å². The van der Waals surface area contributed by atoms with Gasteiger partial charge in [0.15, 0.2) is 0 Å². The highest BCUT2D eigenvalue weighted by Gasteiger charge is 2.39. The van der Waals surface area contributed by atoms with Crippen LogP contribution in [0.1, 0.15) is 42.4 Å². The van der Waals surface area contributed by atoms with Crippen molar-refractivity contribution in [2.24, 2.45) is 0 Å². The maximum atomic E-state index is 10.2. The summed E-state index contributed by atoms with van der Waals surface area (Å²) in [6, 6.07) is 17.0. The molecule has 0 radical (unpaired) electrons. The van der Waals surface area contributed by atoms with Crippen molar-refractivity contribution in [2.75, 3.05) is 19.6 Å². The third-order valence-electron chi connectivity index (χ3n) is 6.18. The third kappa shape index (κ3) is 2.95. The smallest absolute Gasteiger partial charge is 0.119 e. The summed E-state index contributed by atoms with van der Waals surface area (Å²) in [5.41, 5.74) is 4.42. The Bertz CT molecular complexity index is 686. The number of piperidine rings is 1. The maximum absolute atomic E-state index is 10.2. The molecule has 2 aromatic carbocycles. The van der Waals surface area contributed by atoms with Crippen molar-refractivity contribution in [1.82, 2.24) is 4.90 Å². The van der Waals surface area contributed by atoms with Gasteiger partial charge in [0.1, 0.15) is 5.75 Å². The van der Waals surface area contributed by atoms with E-state index in [4.69, 9.17) is 0 Å². The molecule has 1 fully saturated rings. The summed E-state index contributed by atoms with van der Waals surface area (Å²) < 4.78 is 0. The summed E-state index contributed by atoms with van der Waals surface area (Å²) in [7, 11) is 0. The number of hydrogen-bond donors (Lipinski definition) is 1. The van der Waals surface area contributed by atoms with Gasteiger partial charge < -0.3 is 10.0 Å². The molecule has 1 saturated heterocycles. The molecule has 0 unspecified atom stereocenters. The minimum Gasteiger partial charge on any atom is -0.508 e. The fraction of sp³-hybridized carbons (Fsp3) is 0.455. The second kappa shape index (κ2) is 6.60. The van der Waals surface area contributed by atoms with E-state index in [1.807, 2.05) is 12.1 Å². The molecule has 0 aromatic heterocycles. The van der Waals surface area contributed by atoms with Gasteiger partial charge in [-0.05, 0) is 79.8 Å². The first-order chi connectivity index (χ1) is 11.8. The van der Waals surface area contributed by atoms with Gasteiger partial charge in [0.2, 0.25) is 0 Å². The minimum absolute atomic E-state index is 0.315. The van der Waals surface area contributed by atoms with Crippen LogP contribution in [-0.4, -0.2) is 29.6 Å². The summed E-state index contributed by atoms with van der Waals surface area (Å²) in [4.78, 5) is 2.62. The average Bonchev–Trinajstić information content (AvgIpc) is 2.63. The van der Waals surface area contributed by atoms with Gasteiger partial charge in [-0.25, -0.2) is 0 Å². The number of likely N-dealkylation sites (tertiary alicyclic amines) is 1. The molecule has 0 saturated carbocycles.